The van der Waals surface area contributed by atoms with E-state index in [0.29, 0.717) is 13.0 Å². The van der Waals surface area contributed by atoms with Crippen molar-refractivity contribution in [3.8, 4) is 0 Å². The highest BCUT2D eigenvalue weighted by Gasteiger charge is 1.97. The molecule has 1 amide bonds. The molecule has 0 saturated carbocycles. The van der Waals surface area contributed by atoms with E-state index in [-0.39, 0.29) is 11.7 Å². The number of rotatable bonds is 5. The summed E-state index contributed by atoms with van der Waals surface area (Å²) < 4.78 is 12.6. The topological polar surface area (TPSA) is 29.1 Å². The first-order valence-electron chi connectivity index (χ1n) is 5.23. The molecule has 1 aromatic rings. The Morgan fingerprint density at radius 3 is 2.60 bits per heavy atom. The molecular weight excluding hydrogens is 193 g/mol. The highest BCUT2D eigenvalue weighted by atomic mass is 19.1. The summed E-state index contributed by atoms with van der Waals surface area (Å²) >= 11 is 0. The molecule has 1 N–H and O–H groups in total. The summed E-state index contributed by atoms with van der Waals surface area (Å²) in [5.74, 6) is -0.132. The van der Waals surface area contributed by atoms with Gasteiger partial charge in [0, 0.05) is 13.0 Å². The smallest absolute Gasteiger partial charge is 0.219 e. The van der Waals surface area contributed by atoms with Crippen molar-refractivity contribution < 1.29 is 9.18 Å². The first-order chi connectivity index (χ1) is 7.22. The minimum Gasteiger partial charge on any atom is -0.356 e. The quantitative estimate of drug-likeness (QED) is 0.741. The van der Waals surface area contributed by atoms with Gasteiger partial charge in [0.15, 0.2) is 0 Å². The normalized spacial score (nSPS) is 10.0. The lowest BCUT2D eigenvalue weighted by Gasteiger charge is -2.03. The molecule has 2 nitrogen and oxygen atoms in total. The summed E-state index contributed by atoms with van der Waals surface area (Å²) in [6.45, 7) is 2.51. The number of hydrogen-bond acceptors (Lipinski definition) is 1. The number of amides is 1. The summed E-state index contributed by atoms with van der Waals surface area (Å²) in [5, 5.41) is 2.80. The van der Waals surface area contributed by atoms with Crippen molar-refractivity contribution in [2.45, 2.75) is 26.2 Å². The second-order valence-electron chi connectivity index (χ2n) is 3.43. The highest BCUT2D eigenvalue weighted by Crippen LogP contribution is 2.04. The molecule has 0 spiro atoms. The molecule has 0 saturated heterocycles. The molecule has 1 rings (SSSR count). The Balaban J connectivity index is 2.20. The maximum Gasteiger partial charge on any atom is 0.219 e. The van der Waals surface area contributed by atoms with Crippen LogP contribution in [0.4, 0.5) is 4.39 Å². The average Bonchev–Trinajstić information content (AvgIpc) is 2.26. The molecule has 0 unspecified atom stereocenters. The van der Waals surface area contributed by atoms with Gasteiger partial charge in [-0.2, -0.15) is 0 Å². The molecule has 0 fully saturated rings. The number of carbonyl (C=O) groups excluding carboxylic acids is 1. The summed E-state index contributed by atoms with van der Waals surface area (Å²) in [4.78, 5) is 10.9. The molecule has 82 valence electrons. The van der Waals surface area contributed by atoms with Crippen LogP contribution in [0.25, 0.3) is 0 Å². The number of hydrogen-bond donors (Lipinski definition) is 1. The molecule has 0 radical (unpaired) electrons. The van der Waals surface area contributed by atoms with Gasteiger partial charge < -0.3 is 5.32 Å². The highest BCUT2D eigenvalue weighted by molar-refractivity contribution is 5.75. The Kier molecular flexibility index (Phi) is 4.81. The minimum atomic E-state index is -0.210. The van der Waals surface area contributed by atoms with Crippen LogP contribution in [0.15, 0.2) is 24.3 Å². The van der Waals surface area contributed by atoms with E-state index in [1.807, 2.05) is 6.92 Å². The van der Waals surface area contributed by atoms with Gasteiger partial charge in [-0.15, -0.1) is 0 Å². The third kappa shape index (κ3) is 4.58. The van der Waals surface area contributed by atoms with Crippen LogP contribution in [0.1, 0.15) is 25.3 Å². The SMILES string of the molecule is CCC(=O)NCCCc1ccc(F)cc1. The molecule has 0 aromatic heterocycles. The number of benzene rings is 1. The molecule has 0 atom stereocenters. The van der Waals surface area contributed by atoms with Gasteiger partial charge in [0.05, 0.1) is 0 Å². The molecule has 0 aliphatic heterocycles. The third-order valence-electron chi connectivity index (χ3n) is 2.20. The molecule has 0 aliphatic carbocycles. The standard InChI is InChI=1S/C12H16FNO/c1-2-12(15)14-9-3-4-10-5-7-11(13)8-6-10/h5-8H,2-4,9H2,1H3,(H,14,15). The van der Waals surface area contributed by atoms with Gasteiger partial charge in [-0.1, -0.05) is 19.1 Å². The second-order valence-corrected chi connectivity index (χ2v) is 3.43. The first-order valence-corrected chi connectivity index (χ1v) is 5.23. The van der Waals surface area contributed by atoms with Crippen LogP contribution in [0.2, 0.25) is 0 Å². The lowest BCUT2D eigenvalue weighted by Crippen LogP contribution is -2.23. The fourth-order valence-corrected chi connectivity index (χ4v) is 1.30. The second kappa shape index (κ2) is 6.17. The zero-order chi connectivity index (χ0) is 11.1. The summed E-state index contributed by atoms with van der Waals surface area (Å²) in [6, 6.07) is 6.47. The fraction of sp³-hybridized carbons (Fsp3) is 0.417. The minimum absolute atomic E-state index is 0.0779. The first kappa shape index (κ1) is 11.7. The predicted molar refractivity (Wildman–Crippen MR) is 58.0 cm³/mol. The van der Waals surface area contributed by atoms with E-state index < -0.39 is 0 Å². The van der Waals surface area contributed by atoms with Crippen molar-refractivity contribution in [3.63, 3.8) is 0 Å². The van der Waals surface area contributed by atoms with Crippen molar-refractivity contribution in [1.82, 2.24) is 5.32 Å². The molecule has 1 aromatic carbocycles. The van der Waals surface area contributed by atoms with Gasteiger partial charge in [0.25, 0.3) is 0 Å². The largest absolute Gasteiger partial charge is 0.356 e. The van der Waals surface area contributed by atoms with E-state index in [9.17, 15) is 9.18 Å². The van der Waals surface area contributed by atoms with Crippen LogP contribution < -0.4 is 5.32 Å². The summed E-state index contributed by atoms with van der Waals surface area (Å²) in [5.41, 5.74) is 1.10. The maximum absolute atomic E-state index is 12.6. The number of nitrogens with one attached hydrogen (secondary N) is 1. The molecule has 0 heterocycles. The van der Waals surface area contributed by atoms with Gasteiger partial charge in [-0.25, -0.2) is 4.39 Å². The fourth-order valence-electron chi connectivity index (χ4n) is 1.30. The van der Waals surface area contributed by atoms with Crippen molar-refractivity contribution in [2.75, 3.05) is 6.54 Å². The Hall–Kier alpha value is -1.38. The van der Waals surface area contributed by atoms with E-state index in [2.05, 4.69) is 5.32 Å². The Morgan fingerprint density at radius 2 is 2.00 bits per heavy atom. The van der Waals surface area contributed by atoms with Crippen molar-refractivity contribution in [1.29, 1.82) is 0 Å². The van der Waals surface area contributed by atoms with E-state index >= 15 is 0 Å². The summed E-state index contributed by atoms with van der Waals surface area (Å²) in [7, 11) is 0. The molecule has 3 heteroatoms. The summed E-state index contributed by atoms with van der Waals surface area (Å²) in [6.07, 6.45) is 2.28. The maximum atomic E-state index is 12.6. The Labute approximate surface area is 89.5 Å². The van der Waals surface area contributed by atoms with Gasteiger partial charge in [0.1, 0.15) is 5.82 Å². The Bertz CT molecular complexity index is 308. The van der Waals surface area contributed by atoms with Gasteiger partial charge in [0.2, 0.25) is 5.91 Å². The monoisotopic (exact) mass is 209 g/mol. The van der Waals surface area contributed by atoms with Gasteiger partial charge >= 0.3 is 0 Å². The van der Waals surface area contributed by atoms with Crippen LogP contribution >= 0.6 is 0 Å². The van der Waals surface area contributed by atoms with Gasteiger partial charge in [-0.05, 0) is 30.5 Å². The number of carbonyl (C=O) groups is 1. The Morgan fingerprint density at radius 1 is 1.33 bits per heavy atom. The molecular formula is C12H16FNO. The van der Waals surface area contributed by atoms with Crippen molar-refractivity contribution in [2.24, 2.45) is 0 Å². The molecule has 0 aliphatic rings. The zero-order valence-electron chi connectivity index (χ0n) is 8.92. The van der Waals surface area contributed by atoms with Crippen LogP contribution in [-0.4, -0.2) is 12.5 Å². The van der Waals surface area contributed by atoms with Crippen molar-refractivity contribution in [3.05, 3.63) is 35.6 Å². The third-order valence-corrected chi connectivity index (χ3v) is 2.20. The average molecular weight is 209 g/mol. The van der Waals surface area contributed by atoms with Crippen LogP contribution in [-0.2, 0) is 11.2 Å². The lowest BCUT2D eigenvalue weighted by atomic mass is 10.1. The van der Waals surface area contributed by atoms with Crippen molar-refractivity contribution >= 4 is 5.91 Å². The molecule has 0 bridgehead atoms. The van der Waals surface area contributed by atoms with E-state index in [1.165, 1.54) is 12.1 Å². The van der Waals surface area contributed by atoms with Gasteiger partial charge in [-0.3, -0.25) is 4.79 Å². The zero-order valence-corrected chi connectivity index (χ0v) is 8.92. The van der Waals surface area contributed by atoms with Crippen LogP contribution in [0.5, 0.6) is 0 Å². The number of halogens is 1. The van der Waals surface area contributed by atoms with E-state index in [0.717, 1.165) is 18.4 Å². The van der Waals surface area contributed by atoms with Crippen LogP contribution in [0, 0.1) is 5.82 Å². The predicted octanol–water partition coefficient (Wildman–Crippen LogP) is 2.28. The molecule has 15 heavy (non-hydrogen) atoms. The number of aryl methyl sites for hydroxylation is 1. The van der Waals surface area contributed by atoms with E-state index in [1.54, 1.807) is 12.1 Å². The van der Waals surface area contributed by atoms with E-state index in [4.69, 9.17) is 0 Å². The van der Waals surface area contributed by atoms with Crippen LogP contribution in [0.3, 0.4) is 0 Å². The lowest BCUT2D eigenvalue weighted by molar-refractivity contribution is -0.120.